The van der Waals surface area contributed by atoms with Crippen molar-refractivity contribution in [1.29, 1.82) is 0 Å². The molecule has 0 aliphatic heterocycles. The van der Waals surface area contributed by atoms with Gasteiger partial charge in [0.1, 0.15) is 0 Å². The monoisotopic (exact) mass is 314 g/mol. The van der Waals surface area contributed by atoms with Crippen LogP contribution >= 0.6 is 0 Å². The van der Waals surface area contributed by atoms with E-state index in [-0.39, 0.29) is 0 Å². The van der Waals surface area contributed by atoms with Crippen LogP contribution in [0.3, 0.4) is 0 Å². The summed E-state index contributed by atoms with van der Waals surface area (Å²) < 4.78 is 0. The van der Waals surface area contributed by atoms with E-state index >= 15 is 0 Å². The zero-order chi connectivity index (χ0) is 16.1. The van der Waals surface area contributed by atoms with Crippen molar-refractivity contribution in [2.24, 2.45) is 53.3 Å². The van der Waals surface area contributed by atoms with Gasteiger partial charge in [0.15, 0.2) is 0 Å². The third-order valence-electron chi connectivity index (χ3n) is 9.04. The smallest absolute Gasteiger partial charge is 0.0146 e. The van der Waals surface area contributed by atoms with E-state index in [0.29, 0.717) is 0 Å². The summed E-state index contributed by atoms with van der Waals surface area (Å²) in [5.41, 5.74) is 1.72. The van der Waals surface area contributed by atoms with E-state index in [1.807, 2.05) is 0 Å². The fraction of sp³-hybridized carbons (Fsp3) is 0.913. The van der Waals surface area contributed by atoms with Crippen molar-refractivity contribution in [2.45, 2.75) is 78.6 Å². The van der Waals surface area contributed by atoms with Crippen molar-refractivity contribution >= 4 is 0 Å². The van der Waals surface area contributed by atoms with Crippen LogP contribution in [0.4, 0.5) is 0 Å². The molecule has 0 radical (unpaired) electrons. The number of allylic oxidation sites excluding steroid dienone is 1. The number of rotatable bonds is 1. The van der Waals surface area contributed by atoms with Gasteiger partial charge in [0.2, 0.25) is 0 Å². The van der Waals surface area contributed by atoms with Crippen LogP contribution in [-0.4, -0.2) is 0 Å². The van der Waals surface area contributed by atoms with Crippen molar-refractivity contribution in [3.63, 3.8) is 0 Å². The Morgan fingerprint density at radius 3 is 2.30 bits per heavy atom. The largest absolute Gasteiger partial charge is 0.0993 e. The maximum absolute atomic E-state index is 4.79. The Labute approximate surface area is 144 Å². The van der Waals surface area contributed by atoms with Crippen LogP contribution in [-0.2, 0) is 0 Å². The molecule has 6 unspecified atom stereocenters. The van der Waals surface area contributed by atoms with E-state index in [2.05, 4.69) is 20.8 Å². The number of hydrogen-bond donors (Lipinski definition) is 0. The average Bonchev–Trinajstić information content (AvgIpc) is 2.55. The van der Waals surface area contributed by atoms with Gasteiger partial charge in [-0.15, -0.1) is 0 Å². The van der Waals surface area contributed by atoms with Crippen LogP contribution in [0.5, 0.6) is 0 Å². The normalized spacial score (nSPS) is 53.2. The zero-order valence-corrected chi connectivity index (χ0v) is 15.8. The van der Waals surface area contributed by atoms with Crippen molar-refractivity contribution in [2.75, 3.05) is 0 Å². The molecule has 0 heteroatoms. The third-order valence-corrected chi connectivity index (χ3v) is 9.04. The van der Waals surface area contributed by atoms with Crippen LogP contribution in [0.25, 0.3) is 0 Å². The molecule has 0 aromatic carbocycles. The number of fused-ring (bicyclic) bond motifs is 3. The molecule has 0 aromatic heterocycles. The zero-order valence-electron chi connectivity index (χ0n) is 15.8. The molecule has 4 saturated carbocycles. The molecule has 4 aliphatic rings. The van der Waals surface area contributed by atoms with Gasteiger partial charge >= 0.3 is 0 Å². The summed E-state index contributed by atoms with van der Waals surface area (Å²) in [6.45, 7) is 12.4. The van der Waals surface area contributed by atoms with Gasteiger partial charge in [0.05, 0.1) is 0 Å². The highest BCUT2D eigenvalue weighted by molar-refractivity contribution is 5.19. The van der Waals surface area contributed by atoms with E-state index < -0.39 is 0 Å². The molecular formula is C23H38. The van der Waals surface area contributed by atoms with Gasteiger partial charge in [-0.1, -0.05) is 58.6 Å². The first kappa shape index (κ1) is 16.2. The van der Waals surface area contributed by atoms with E-state index in [1.165, 1.54) is 44.9 Å². The van der Waals surface area contributed by atoms with Crippen LogP contribution in [0.15, 0.2) is 12.2 Å². The first-order chi connectivity index (χ1) is 11.1. The second-order valence-corrected chi connectivity index (χ2v) is 9.79. The Hall–Kier alpha value is -0.260. The molecule has 0 amide bonds. The summed E-state index contributed by atoms with van der Waals surface area (Å²) in [6, 6.07) is 0. The molecule has 0 N–H and O–H groups in total. The summed E-state index contributed by atoms with van der Waals surface area (Å²) >= 11 is 0. The molecule has 0 aromatic rings. The lowest BCUT2D eigenvalue weighted by molar-refractivity contribution is -0.0266. The van der Waals surface area contributed by atoms with Gasteiger partial charge in [-0.2, -0.15) is 0 Å². The van der Waals surface area contributed by atoms with Gasteiger partial charge in [0, 0.05) is 0 Å². The molecule has 23 heavy (non-hydrogen) atoms. The summed E-state index contributed by atoms with van der Waals surface area (Å²) in [7, 11) is 0. The van der Waals surface area contributed by atoms with Crippen LogP contribution in [0.1, 0.15) is 78.6 Å². The molecule has 0 spiro atoms. The lowest BCUT2D eigenvalue weighted by Gasteiger charge is -2.57. The predicted molar refractivity (Wildman–Crippen MR) is 99.1 cm³/mol. The van der Waals surface area contributed by atoms with Crippen molar-refractivity contribution in [1.82, 2.24) is 0 Å². The van der Waals surface area contributed by atoms with Crippen molar-refractivity contribution in [3.05, 3.63) is 12.2 Å². The number of hydrogen-bond acceptors (Lipinski definition) is 0. The van der Waals surface area contributed by atoms with Crippen LogP contribution in [0.2, 0.25) is 0 Å². The fourth-order valence-corrected chi connectivity index (χ4v) is 8.02. The standard InChI is InChI=1S/C23H38/c1-5-17-10-11-19-13-20-12-18-8-6-7-9-21(18)15(3)23(20)16(4)22(19)14(17)2/h14-15,17-23H,4-13H2,1-3H3/t14?,15-,17?,18-,19?,20?,21+,22?,23?/m1/s1. The SMILES string of the molecule is C=C1C2C(CCC(CC)C2C)CC2C[C@H]3CCCC[C@H]3[C@@H](C)C12. The Morgan fingerprint density at radius 1 is 0.826 bits per heavy atom. The maximum Gasteiger partial charge on any atom is -0.0146 e. The van der Waals surface area contributed by atoms with Gasteiger partial charge in [-0.3, -0.25) is 0 Å². The highest BCUT2D eigenvalue weighted by Gasteiger charge is 2.51. The van der Waals surface area contributed by atoms with E-state index in [4.69, 9.17) is 6.58 Å². The minimum absolute atomic E-state index is 0.859. The quantitative estimate of drug-likeness (QED) is 0.472. The second kappa shape index (κ2) is 6.23. The van der Waals surface area contributed by atoms with Crippen molar-refractivity contribution in [3.8, 4) is 0 Å². The van der Waals surface area contributed by atoms with E-state index in [9.17, 15) is 0 Å². The Balaban J connectivity index is 1.59. The van der Waals surface area contributed by atoms with Crippen molar-refractivity contribution < 1.29 is 0 Å². The van der Waals surface area contributed by atoms with Gasteiger partial charge in [0.25, 0.3) is 0 Å². The molecule has 4 fully saturated rings. The molecule has 0 heterocycles. The van der Waals surface area contributed by atoms with Gasteiger partial charge < -0.3 is 0 Å². The molecule has 4 rings (SSSR count). The first-order valence-corrected chi connectivity index (χ1v) is 10.8. The average molecular weight is 315 g/mol. The second-order valence-electron chi connectivity index (χ2n) is 9.79. The Bertz CT molecular complexity index is 449. The third kappa shape index (κ3) is 2.54. The predicted octanol–water partition coefficient (Wildman–Crippen LogP) is 6.71. The summed E-state index contributed by atoms with van der Waals surface area (Å²) in [5, 5.41) is 0. The molecule has 0 saturated heterocycles. The molecule has 130 valence electrons. The molecule has 0 bridgehead atoms. The van der Waals surface area contributed by atoms with E-state index in [0.717, 1.165) is 53.3 Å². The minimum atomic E-state index is 0.859. The summed E-state index contributed by atoms with van der Waals surface area (Å²) in [5.74, 6) is 8.56. The lowest BCUT2D eigenvalue weighted by atomic mass is 9.48. The molecular weight excluding hydrogens is 276 g/mol. The molecule has 0 nitrogen and oxygen atoms in total. The maximum atomic E-state index is 4.79. The van der Waals surface area contributed by atoms with Crippen LogP contribution < -0.4 is 0 Å². The highest BCUT2D eigenvalue weighted by Crippen LogP contribution is 2.60. The fourth-order valence-electron chi connectivity index (χ4n) is 8.02. The topological polar surface area (TPSA) is 0 Å². The minimum Gasteiger partial charge on any atom is -0.0993 e. The molecule has 4 aliphatic carbocycles. The Morgan fingerprint density at radius 2 is 1.52 bits per heavy atom. The van der Waals surface area contributed by atoms with Gasteiger partial charge in [-0.05, 0) is 85.4 Å². The van der Waals surface area contributed by atoms with Crippen LogP contribution in [0, 0.1) is 53.3 Å². The Kier molecular flexibility index (Phi) is 4.39. The summed E-state index contributed by atoms with van der Waals surface area (Å²) in [4.78, 5) is 0. The first-order valence-electron chi connectivity index (χ1n) is 10.8. The van der Waals surface area contributed by atoms with Gasteiger partial charge in [-0.25, -0.2) is 0 Å². The highest BCUT2D eigenvalue weighted by atomic mass is 14.6. The molecule has 9 atom stereocenters. The summed E-state index contributed by atoms with van der Waals surface area (Å²) in [6.07, 6.45) is 13.5. The lowest BCUT2D eigenvalue weighted by Crippen LogP contribution is -2.49. The van der Waals surface area contributed by atoms with E-state index in [1.54, 1.807) is 18.4 Å².